The Kier molecular flexibility index (Phi) is 11.4. The standard InChI is InChI=1S/C13H23N3OS.2ClH/c1-5-6-14-7-8-15-11(17)10-9-16-12(18-10)13(2,3)4;;/h9,14H,5-8H2,1-4H3,(H,15,17);2*1H. The fourth-order valence-electron chi connectivity index (χ4n) is 1.38. The average molecular weight is 342 g/mol. The lowest BCUT2D eigenvalue weighted by Gasteiger charge is -2.13. The Balaban J connectivity index is 0. The van der Waals surface area contributed by atoms with Gasteiger partial charge in [0.05, 0.1) is 11.2 Å². The quantitative estimate of drug-likeness (QED) is 0.782. The Labute approximate surface area is 138 Å². The highest BCUT2D eigenvalue weighted by Crippen LogP contribution is 2.26. The molecule has 0 saturated heterocycles. The van der Waals surface area contributed by atoms with Crippen molar-refractivity contribution in [3.05, 3.63) is 16.1 Å². The zero-order valence-electron chi connectivity index (χ0n) is 12.5. The summed E-state index contributed by atoms with van der Waals surface area (Å²) in [7, 11) is 0. The van der Waals surface area contributed by atoms with E-state index >= 15 is 0 Å². The number of thiazole rings is 1. The van der Waals surface area contributed by atoms with E-state index in [4.69, 9.17) is 0 Å². The van der Waals surface area contributed by atoms with E-state index in [9.17, 15) is 4.79 Å². The molecule has 0 atom stereocenters. The van der Waals surface area contributed by atoms with Gasteiger partial charge in [0.25, 0.3) is 5.91 Å². The van der Waals surface area contributed by atoms with Crippen LogP contribution in [0.2, 0.25) is 0 Å². The molecule has 0 fully saturated rings. The minimum absolute atomic E-state index is 0. The van der Waals surface area contributed by atoms with Gasteiger partial charge >= 0.3 is 0 Å². The second-order valence-corrected chi connectivity index (χ2v) is 6.32. The Hall–Kier alpha value is -0.360. The maximum absolute atomic E-state index is 11.8. The van der Waals surface area contributed by atoms with Gasteiger partial charge in [-0.05, 0) is 13.0 Å². The molecule has 0 bridgehead atoms. The summed E-state index contributed by atoms with van der Waals surface area (Å²) in [6, 6.07) is 0. The third kappa shape index (κ3) is 7.43. The van der Waals surface area contributed by atoms with Gasteiger partial charge < -0.3 is 10.6 Å². The van der Waals surface area contributed by atoms with Crippen molar-refractivity contribution >= 4 is 42.1 Å². The summed E-state index contributed by atoms with van der Waals surface area (Å²) in [5.41, 5.74) is 0.00583. The van der Waals surface area contributed by atoms with Gasteiger partial charge in [-0.3, -0.25) is 4.79 Å². The first-order valence-corrected chi connectivity index (χ1v) is 7.22. The molecule has 4 nitrogen and oxygen atoms in total. The highest BCUT2D eigenvalue weighted by molar-refractivity contribution is 7.13. The number of nitrogens with one attached hydrogen (secondary N) is 2. The van der Waals surface area contributed by atoms with Crippen molar-refractivity contribution in [2.75, 3.05) is 19.6 Å². The first-order chi connectivity index (χ1) is 8.45. The predicted molar refractivity (Wildman–Crippen MR) is 90.8 cm³/mol. The summed E-state index contributed by atoms with van der Waals surface area (Å²) in [6.07, 6.45) is 2.78. The van der Waals surface area contributed by atoms with Crippen LogP contribution in [0.3, 0.4) is 0 Å². The summed E-state index contributed by atoms with van der Waals surface area (Å²) < 4.78 is 0. The fraction of sp³-hybridized carbons (Fsp3) is 0.692. The van der Waals surface area contributed by atoms with Crippen molar-refractivity contribution in [1.29, 1.82) is 0 Å². The van der Waals surface area contributed by atoms with Crippen molar-refractivity contribution in [1.82, 2.24) is 15.6 Å². The minimum atomic E-state index is -0.0266. The van der Waals surface area contributed by atoms with Crippen LogP contribution in [0.1, 0.15) is 48.8 Å². The van der Waals surface area contributed by atoms with Crippen LogP contribution < -0.4 is 10.6 Å². The minimum Gasteiger partial charge on any atom is -0.350 e. The molecule has 0 spiro atoms. The summed E-state index contributed by atoms with van der Waals surface area (Å²) in [5.74, 6) is -0.0266. The fourth-order valence-corrected chi connectivity index (χ4v) is 2.27. The van der Waals surface area contributed by atoms with Crippen molar-refractivity contribution in [3.8, 4) is 0 Å². The number of hydrogen-bond donors (Lipinski definition) is 2. The van der Waals surface area contributed by atoms with E-state index in [-0.39, 0.29) is 36.1 Å². The van der Waals surface area contributed by atoms with Crippen LogP contribution in [0.15, 0.2) is 6.20 Å². The highest BCUT2D eigenvalue weighted by atomic mass is 35.5. The molecule has 7 heteroatoms. The zero-order valence-corrected chi connectivity index (χ0v) is 14.9. The third-order valence-corrected chi connectivity index (χ3v) is 3.81. The van der Waals surface area contributed by atoms with Crippen molar-refractivity contribution < 1.29 is 4.79 Å². The van der Waals surface area contributed by atoms with Crippen LogP contribution in [0.25, 0.3) is 0 Å². The molecule has 0 unspecified atom stereocenters. The number of aromatic nitrogens is 1. The lowest BCUT2D eigenvalue weighted by molar-refractivity contribution is 0.0958. The van der Waals surface area contributed by atoms with E-state index < -0.39 is 0 Å². The number of amides is 1. The van der Waals surface area contributed by atoms with Gasteiger partial charge in [0, 0.05) is 18.5 Å². The molecule has 0 aromatic carbocycles. The van der Waals surface area contributed by atoms with Crippen LogP contribution in [-0.2, 0) is 5.41 Å². The molecule has 0 aliphatic carbocycles. The topological polar surface area (TPSA) is 54.0 Å². The molecule has 1 heterocycles. The molecule has 1 aromatic rings. The van der Waals surface area contributed by atoms with Gasteiger partial charge in [-0.2, -0.15) is 0 Å². The van der Waals surface area contributed by atoms with E-state index in [2.05, 4.69) is 43.3 Å². The van der Waals surface area contributed by atoms with Crippen LogP contribution >= 0.6 is 36.2 Å². The third-order valence-electron chi connectivity index (χ3n) is 2.39. The van der Waals surface area contributed by atoms with Crippen molar-refractivity contribution in [2.24, 2.45) is 0 Å². The van der Waals surface area contributed by atoms with Gasteiger partial charge in [-0.1, -0.05) is 27.7 Å². The molecule has 1 aromatic heterocycles. The van der Waals surface area contributed by atoms with E-state index in [0.717, 1.165) is 24.5 Å². The van der Waals surface area contributed by atoms with Crippen molar-refractivity contribution in [3.63, 3.8) is 0 Å². The van der Waals surface area contributed by atoms with Gasteiger partial charge in [0.15, 0.2) is 0 Å². The Morgan fingerprint density at radius 2 is 1.90 bits per heavy atom. The summed E-state index contributed by atoms with van der Waals surface area (Å²) in [6.45, 7) is 10.9. The van der Waals surface area contributed by atoms with Crippen LogP contribution in [-0.4, -0.2) is 30.5 Å². The SMILES string of the molecule is CCCNCCNC(=O)c1cnc(C(C)(C)C)s1.Cl.Cl. The Morgan fingerprint density at radius 3 is 2.40 bits per heavy atom. The molecular formula is C13H25Cl2N3OS. The first-order valence-electron chi connectivity index (χ1n) is 6.40. The first kappa shape index (κ1) is 21.9. The molecule has 0 aliphatic rings. The molecule has 0 radical (unpaired) electrons. The van der Waals surface area contributed by atoms with E-state index in [1.165, 1.54) is 11.3 Å². The number of hydrogen-bond acceptors (Lipinski definition) is 4. The van der Waals surface area contributed by atoms with Gasteiger partial charge in [0.2, 0.25) is 0 Å². The molecule has 2 N–H and O–H groups in total. The maximum Gasteiger partial charge on any atom is 0.263 e. The number of rotatable bonds is 6. The van der Waals surface area contributed by atoms with Gasteiger partial charge in [-0.15, -0.1) is 36.2 Å². The normalized spacial score (nSPS) is 10.4. The van der Waals surface area contributed by atoms with E-state index in [1.54, 1.807) is 6.20 Å². The zero-order chi connectivity index (χ0) is 13.6. The summed E-state index contributed by atoms with van der Waals surface area (Å²) in [5, 5.41) is 7.13. The molecule has 0 saturated carbocycles. The number of nitrogens with zero attached hydrogens (tertiary/aromatic N) is 1. The lowest BCUT2D eigenvalue weighted by atomic mass is 9.98. The molecule has 1 rings (SSSR count). The van der Waals surface area contributed by atoms with E-state index in [0.29, 0.717) is 11.4 Å². The molecular weight excluding hydrogens is 317 g/mol. The number of carbonyl (C=O) groups is 1. The molecule has 118 valence electrons. The van der Waals surface area contributed by atoms with Crippen LogP contribution in [0.5, 0.6) is 0 Å². The second-order valence-electron chi connectivity index (χ2n) is 5.29. The number of carbonyl (C=O) groups excluding carboxylic acids is 1. The van der Waals surface area contributed by atoms with Crippen LogP contribution in [0, 0.1) is 0 Å². The summed E-state index contributed by atoms with van der Waals surface area (Å²) >= 11 is 1.47. The van der Waals surface area contributed by atoms with Crippen LogP contribution in [0.4, 0.5) is 0 Å². The smallest absolute Gasteiger partial charge is 0.263 e. The van der Waals surface area contributed by atoms with E-state index in [1.807, 2.05) is 0 Å². The highest BCUT2D eigenvalue weighted by Gasteiger charge is 2.19. The van der Waals surface area contributed by atoms with Gasteiger partial charge in [0.1, 0.15) is 4.88 Å². The second kappa shape index (κ2) is 10.4. The molecule has 0 aliphatic heterocycles. The average Bonchev–Trinajstić information content (AvgIpc) is 2.77. The van der Waals surface area contributed by atoms with Gasteiger partial charge in [-0.25, -0.2) is 4.98 Å². The Bertz CT molecular complexity index is 391. The molecule has 1 amide bonds. The monoisotopic (exact) mass is 341 g/mol. The lowest BCUT2D eigenvalue weighted by Crippen LogP contribution is -2.31. The Morgan fingerprint density at radius 1 is 1.25 bits per heavy atom. The molecule has 20 heavy (non-hydrogen) atoms. The van der Waals surface area contributed by atoms with Crippen molar-refractivity contribution in [2.45, 2.75) is 39.5 Å². The maximum atomic E-state index is 11.8. The summed E-state index contributed by atoms with van der Waals surface area (Å²) in [4.78, 5) is 16.8. The number of halogens is 2. The largest absolute Gasteiger partial charge is 0.350 e. The predicted octanol–water partition coefficient (Wildman–Crippen LogP) is 3.01.